The predicted octanol–water partition coefficient (Wildman–Crippen LogP) is 4.55. The van der Waals surface area contributed by atoms with Crippen LogP contribution >= 0.6 is 0 Å². The van der Waals surface area contributed by atoms with Gasteiger partial charge in [-0.05, 0) is 30.7 Å². The van der Waals surface area contributed by atoms with Crippen molar-refractivity contribution in [3.63, 3.8) is 0 Å². The van der Waals surface area contributed by atoms with Crippen LogP contribution in [0.4, 0.5) is 11.4 Å². The summed E-state index contributed by atoms with van der Waals surface area (Å²) in [6.07, 6.45) is 0.823. The molecule has 2 aromatic rings. The van der Waals surface area contributed by atoms with E-state index < -0.39 is 0 Å². The van der Waals surface area contributed by atoms with Gasteiger partial charge in [-0.2, -0.15) is 5.70 Å². The fourth-order valence-electron chi connectivity index (χ4n) is 1.79. The van der Waals surface area contributed by atoms with Crippen LogP contribution in [0.25, 0.3) is 0 Å². The van der Waals surface area contributed by atoms with Gasteiger partial charge < -0.3 is 11.5 Å². The molecule has 18 heavy (non-hydrogen) atoms. The predicted molar refractivity (Wildman–Crippen MR) is 73.1 cm³/mol. The topological polar surface area (TPSA) is 3.24 Å². The zero-order valence-corrected chi connectivity index (χ0v) is 11.2. The van der Waals surface area contributed by atoms with Gasteiger partial charge in [0.05, 0.1) is 0 Å². The van der Waals surface area contributed by atoms with Crippen LogP contribution in [0.15, 0.2) is 66.4 Å². The number of allylic oxidation sites excluding steroid dienone is 1. The molecule has 0 heterocycles. The standard InChI is InChI=1S/C16H16N.Cu/c1-3-14(2)17(15-10-6-4-7-11-15)16-12-8-5-9-13-16;/h2,4-13H,3H2,1H3;/q-1;+1. The third-order valence-corrected chi connectivity index (χ3v) is 2.68. The minimum absolute atomic E-state index is 0. The van der Waals surface area contributed by atoms with Gasteiger partial charge in [-0.15, -0.1) is 0 Å². The van der Waals surface area contributed by atoms with Crippen LogP contribution < -0.4 is 4.90 Å². The zero-order chi connectivity index (χ0) is 12.1. The Hall–Kier alpha value is -1.50. The van der Waals surface area contributed by atoms with Crippen molar-refractivity contribution in [2.45, 2.75) is 13.3 Å². The van der Waals surface area contributed by atoms with Crippen LogP contribution in [0, 0.1) is 6.58 Å². The largest absolute Gasteiger partial charge is 1.00 e. The minimum atomic E-state index is 0. The van der Waals surface area contributed by atoms with Crippen LogP contribution in [0.1, 0.15) is 13.3 Å². The van der Waals surface area contributed by atoms with E-state index in [0.717, 1.165) is 23.5 Å². The number of rotatable bonds is 4. The molecule has 0 bridgehead atoms. The molecule has 0 radical (unpaired) electrons. The molecule has 0 fully saturated rings. The molecule has 0 aromatic heterocycles. The van der Waals surface area contributed by atoms with Crippen molar-refractivity contribution in [2.24, 2.45) is 0 Å². The Kier molecular flexibility index (Phi) is 5.70. The van der Waals surface area contributed by atoms with Crippen LogP contribution in [0.5, 0.6) is 0 Å². The number of nitrogens with zero attached hydrogens (tertiary/aromatic N) is 1. The summed E-state index contributed by atoms with van der Waals surface area (Å²) in [5, 5.41) is 0. The van der Waals surface area contributed by atoms with Gasteiger partial charge in [-0.25, -0.2) is 0 Å². The molecule has 0 aliphatic rings. The molecule has 0 aliphatic heterocycles. The quantitative estimate of drug-likeness (QED) is 0.588. The van der Waals surface area contributed by atoms with Gasteiger partial charge in [0.2, 0.25) is 0 Å². The zero-order valence-electron chi connectivity index (χ0n) is 10.3. The van der Waals surface area contributed by atoms with E-state index in [-0.39, 0.29) is 17.1 Å². The second-order valence-electron chi connectivity index (χ2n) is 3.85. The van der Waals surface area contributed by atoms with Crippen molar-refractivity contribution < 1.29 is 17.1 Å². The van der Waals surface area contributed by atoms with Crippen LogP contribution in [0.2, 0.25) is 0 Å². The summed E-state index contributed by atoms with van der Waals surface area (Å²) in [5.74, 6) is 0. The maximum absolute atomic E-state index is 6.12. The average molecular weight is 286 g/mol. The van der Waals surface area contributed by atoms with E-state index in [1.807, 2.05) is 36.4 Å². The summed E-state index contributed by atoms with van der Waals surface area (Å²) in [5.41, 5.74) is 3.04. The number of para-hydroxylation sites is 2. The van der Waals surface area contributed by atoms with Crippen molar-refractivity contribution in [3.05, 3.63) is 72.9 Å². The van der Waals surface area contributed by atoms with E-state index in [1.165, 1.54) is 0 Å². The Morgan fingerprint density at radius 1 is 0.889 bits per heavy atom. The normalized spacial score (nSPS) is 9.39. The second kappa shape index (κ2) is 7.05. The summed E-state index contributed by atoms with van der Waals surface area (Å²) in [7, 11) is 0. The number of anilines is 2. The van der Waals surface area contributed by atoms with E-state index >= 15 is 0 Å². The van der Waals surface area contributed by atoms with E-state index in [0.29, 0.717) is 0 Å². The molecule has 0 spiro atoms. The minimum Gasteiger partial charge on any atom is -0.492 e. The fraction of sp³-hybridized carbons (Fsp3) is 0.125. The van der Waals surface area contributed by atoms with E-state index in [4.69, 9.17) is 6.58 Å². The molecule has 0 atom stereocenters. The van der Waals surface area contributed by atoms with Crippen molar-refractivity contribution in [2.75, 3.05) is 4.90 Å². The number of hydrogen-bond donors (Lipinski definition) is 0. The van der Waals surface area contributed by atoms with E-state index in [2.05, 4.69) is 36.1 Å². The third kappa shape index (κ3) is 3.25. The molecule has 2 aromatic carbocycles. The molecule has 0 saturated heterocycles. The van der Waals surface area contributed by atoms with Gasteiger partial charge in [-0.3, -0.25) is 0 Å². The van der Waals surface area contributed by atoms with E-state index in [1.54, 1.807) is 0 Å². The summed E-state index contributed by atoms with van der Waals surface area (Å²) in [4.78, 5) is 2.08. The summed E-state index contributed by atoms with van der Waals surface area (Å²) in [6.45, 7) is 8.19. The average Bonchev–Trinajstić information content (AvgIpc) is 2.41. The van der Waals surface area contributed by atoms with Crippen LogP contribution in [-0.2, 0) is 17.1 Å². The molecule has 2 rings (SSSR count). The summed E-state index contributed by atoms with van der Waals surface area (Å²) in [6, 6.07) is 20.4. The second-order valence-corrected chi connectivity index (χ2v) is 3.85. The first-order chi connectivity index (χ1) is 8.33. The Labute approximate surface area is 120 Å². The number of benzene rings is 2. The van der Waals surface area contributed by atoms with Gasteiger partial charge in [-0.1, -0.05) is 43.3 Å². The van der Waals surface area contributed by atoms with E-state index in [9.17, 15) is 0 Å². The van der Waals surface area contributed by atoms with Gasteiger partial charge >= 0.3 is 17.1 Å². The van der Waals surface area contributed by atoms with Gasteiger partial charge in [0.15, 0.2) is 0 Å². The monoisotopic (exact) mass is 285 g/mol. The molecule has 0 unspecified atom stereocenters. The van der Waals surface area contributed by atoms with Crippen molar-refractivity contribution in [1.29, 1.82) is 0 Å². The van der Waals surface area contributed by atoms with Crippen LogP contribution in [-0.4, -0.2) is 0 Å². The number of hydrogen-bond acceptors (Lipinski definition) is 1. The fourth-order valence-corrected chi connectivity index (χ4v) is 1.79. The van der Waals surface area contributed by atoms with Gasteiger partial charge in [0, 0.05) is 11.4 Å². The van der Waals surface area contributed by atoms with Gasteiger partial charge in [0.1, 0.15) is 0 Å². The smallest absolute Gasteiger partial charge is 0.492 e. The summed E-state index contributed by atoms with van der Waals surface area (Å²) < 4.78 is 0. The molecule has 0 amide bonds. The molecule has 96 valence electrons. The molecule has 0 aliphatic carbocycles. The molecule has 0 N–H and O–H groups in total. The van der Waals surface area contributed by atoms with Crippen LogP contribution in [0.3, 0.4) is 0 Å². The SMILES string of the molecule is [CH-]=C(CC)N(c1ccccc1)c1ccccc1.[Cu+]. The molecule has 2 heteroatoms. The molecular weight excluding hydrogens is 270 g/mol. The van der Waals surface area contributed by atoms with Crippen molar-refractivity contribution in [3.8, 4) is 0 Å². The first-order valence-electron chi connectivity index (χ1n) is 5.84. The maximum atomic E-state index is 6.12. The first kappa shape index (κ1) is 14.6. The Balaban J connectivity index is 0.00000162. The van der Waals surface area contributed by atoms with Crippen molar-refractivity contribution in [1.82, 2.24) is 0 Å². The summed E-state index contributed by atoms with van der Waals surface area (Å²) >= 11 is 0. The molecule has 0 saturated carbocycles. The van der Waals surface area contributed by atoms with Crippen molar-refractivity contribution >= 4 is 11.4 Å². The molecule has 1 nitrogen and oxygen atoms in total. The van der Waals surface area contributed by atoms with Gasteiger partial charge in [0.25, 0.3) is 0 Å². The first-order valence-corrected chi connectivity index (χ1v) is 5.84. The Morgan fingerprint density at radius 3 is 1.61 bits per heavy atom. The molecular formula is C16H16CuN. The Bertz CT molecular complexity index is 439. The third-order valence-electron chi connectivity index (χ3n) is 2.68. The Morgan fingerprint density at radius 2 is 1.28 bits per heavy atom. The maximum Gasteiger partial charge on any atom is 1.00 e.